The molecule has 0 bridgehead atoms. The van der Waals surface area contributed by atoms with Crippen LogP contribution in [-0.4, -0.2) is 31.5 Å². The molecule has 0 aromatic heterocycles. The molecule has 7 heteroatoms. The van der Waals surface area contributed by atoms with Gasteiger partial charge in [-0.15, -0.1) is 0 Å². The molecule has 1 aliphatic heterocycles. The van der Waals surface area contributed by atoms with E-state index in [9.17, 15) is 9.59 Å². The molecule has 1 aliphatic rings. The minimum atomic E-state index is -0.433. The van der Waals surface area contributed by atoms with Crippen LogP contribution in [0.25, 0.3) is 6.08 Å². The van der Waals surface area contributed by atoms with Gasteiger partial charge in [-0.2, -0.15) is 0 Å². The van der Waals surface area contributed by atoms with Gasteiger partial charge in [-0.1, -0.05) is 22.9 Å². The summed E-state index contributed by atoms with van der Waals surface area (Å²) in [5.41, 5.74) is 5.06. The third-order valence-electron chi connectivity index (χ3n) is 4.86. The van der Waals surface area contributed by atoms with Crippen LogP contribution in [0.1, 0.15) is 32.8 Å². The lowest BCUT2D eigenvalue weighted by atomic mass is 10.1. The Labute approximate surface area is 185 Å². The summed E-state index contributed by atoms with van der Waals surface area (Å²) in [6, 6.07) is 13.0. The van der Waals surface area contributed by atoms with Crippen molar-refractivity contribution in [2.24, 2.45) is 0 Å². The summed E-state index contributed by atoms with van der Waals surface area (Å²) < 4.78 is 6.83. The quantitative estimate of drug-likeness (QED) is 0.453. The molecule has 1 heterocycles. The number of anilines is 2. The number of nitrogens with one attached hydrogen (secondary N) is 1. The smallest absolute Gasteiger partial charge is 0.282 e. The predicted molar refractivity (Wildman–Crippen MR) is 124 cm³/mol. The molecule has 6 nitrogen and oxygen atoms in total. The first-order chi connectivity index (χ1) is 14.5. The molecule has 2 aromatic rings. The average molecular weight is 472 g/mol. The Morgan fingerprint density at radius 3 is 2.40 bits per heavy atom. The van der Waals surface area contributed by atoms with Gasteiger partial charge in [0.05, 0.1) is 12.3 Å². The molecular weight excluding hydrogens is 446 g/mol. The van der Waals surface area contributed by atoms with E-state index >= 15 is 0 Å². The molecule has 1 fully saturated rings. The van der Waals surface area contributed by atoms with Gasteiger partial charge in [-0.3, -0.25) is 15.0 Å². The van der Waals surface area contributed by atoms with Crippen LogP contribution in [-0.2, 0) is 9.59 Å². The van der Waals surface area contributed by atoms with Gasteiger partial charge >= 0.3 is 0 Å². The van der Waals surface area contributed by atoms with E-state index in [1.807, 2.05) is 37.3 Å². The SMILES string of the molecule is CCCOc1cc(N(CC)CC)ccc1/C=C1\C(=O)NN(c2ccc(Br)cc2)C1=O. The highest BCUT2D eigenvalue weighted by Gasteiger charge is 2.34. The number of ether oxygens (including phenoxy) is 1. The molecule has 0 aliphatic carbocycles. The molecule has 0 spiro atoms. The molecule has 2 amide bonds. The maximum Gasteiger partial charge on any atom is 0.282 e. The number of amides is 2. The van der Waals surface area contributed by atoms with Crippen LogP contribution in [0.4, 0.5) is 11.4 Å². The average Bonchev–Trinajstić information content (AvgIpc) is 3.03. The van der Waals surface area contributed by atoms with E-state index in [-0.39, 0.29) is 5.57 Å². The summed E-state index contributed by atoms with van der Waals surface area (Å²) in [7, 11) is 0. The largest absolute Gasteiger partial charge is 0.493 e. The second-order valence-electron chi connectivity index (χ2n) is 6.86. The van der Waals surface area contributed by atoms with Gasteiger partial charge in [-0.25, -0.2) is 5.01 Å². The minimum absolute atomic E-state index is 0.0786. The fourth-order valence-corrected chi connectivity index (χ4v) is 3.51. The van der Waals surface area contributed by atoms with Crippen molar-refractivity contribution >= 4 is 45.2 Å². The van der Waals surface area contributed by atoms with Crippen molar-refractivity contribution in [1.82, 2.24) is 5.43 Å². The normalized spacial score (nSPS) is 14.9. The molecule has 0 radical (unpaired) electrons. The van der Waals surface area contributed by atoms with Crippen LogP contribution >= 0.6 is 15.9 Å². The number of rotatable bonds is 8. The van der Waals surface area contributed by atoms with E-state index in [0.29, 0.717) is 23.6 Å². The highest BCUT2D eigenvalue weighted by molar-refractivity contribution is 9.10. The molecule has 0 atom stereocenters. The van der Waals surface area contributed by atoms with E-state index in [2.05, 4.69) is 40.1 Å². The monoisotopic (exact) mass is 471 g/mol. The van der Waals surface area contributed by atoms with Gasteiger partial charge < -0.3 is 9.64 Å². The summed E-state index contributed by atoms with van der Waals surface area (Å²) in [4.78, 5) is 27.7. The highest BCUT2D eigenvalue weighted by Crippen LogP contribution is 2.30. The summed E-state index contributed by atoms with van der Waals surface area (Å²) in [5, 5.41) is 1.26. The lowest BCUT2D eigenvalue weighted by Gasteiger charge is -2.22. The number of hydrogen-bond acceptors (Lipinski definition) is 4. The Morgan fingerprint density at radius 2 is 1.77 bits per heavy atom. The summed E-state index contributed by atoms with van der Waals surface area (Å²) >= 11 is 3.37. The summed E-state index contributed by atoms with van der Waals surface area (Å²) in [5.74, 6) is -0.162. The Bertz CT molecular complexity index is 953. The van der Waals surface area contributed by atoms with Crippen molar-refractivity contribution in [2.45, 2.75) is 27.2 Å². The molecule has 0 saturated carbocycles. The predicted octanol–water partition coefficient (Wildman–Crippen LogP) is 4.55. The number of nitrogens with zero attached hydrogens (tertiary/aromatic N) is 2. The van der Waals surface area contributed by atoms with E-state index in [1.54, 1.807) is 18.2 Å². The van der Waals surface area contributed by atoms with Crippen molar-refractivity contribution in [1.29, 1.82) is 0 Å². The Kier molecular flexibility index (Phi) is 7.15. The van der Waals surface area contributed by atoms with Crippen LogP contribution < -0.4 is 20.1 Å². The van der Waals surface area contributed by atoms with E-state index in [1.165, 1.54) is 5.01 Å². The van der Waals surface area contributed by atoms with Crippen molar-refractivity contribution in [3.63, 3.8) is 0 Å². The van der Waals surface area contributed by atoms with Crippen LogP contribution in [0.5, 0.6) is 5.75 Å². The molecule has 2 aromatic carbocycles. The number of carbonyl (C=O) groups excluding carboxylic acids is 2. The number of halogens is 1. The maximum atomic E-state index is 12.9. The molecule has 1 N–H and O–H groups in total. The van der Waals surface area contributed by atoms with Crippen molar-refractivity contribution in [3.8, 4) is 5.75 Å². The van der Waals surface area contributed by atoms with Crippen LogP contribution in [0.2, 0.25) is 0 Å². The zero-order valence-electron chi connectivity index (χ0n) is 17.4. The fraction of sp³-hybridized carbons (Fsp3) is 0.304. The standard InChI is InChI=1S/C23H26BrN3O3/c1-4-13-30-21-15-19(26(5-2)6-3)10-7-16(21)14-20-22(28)25-27(23(20)29)18-11-8-17(24)9-12-18/h7-12,14-15H,4-6,13H2,1-3H3,(H,25,28)/b20-14+. The van der Waals surface area contributed by atoms with Crippen molar-refractivity contribution < 1.29 is 14.3 Å². The third kappa shape index (κ3) is 4.67. The van der Waals surface area contributed by atoms with Gasteiger partial charge in [0.25, 0.3) is 11.8 Å². The second kappa shape index (κ2) is 9.80. The van der Waals surface area contributed by atoms with E-state index < -0.39 is 11.8 Å². The van der Waals surface area contributed by atoms with Crippen molar-refractivity contribution in [2.75, 3.05) is 29.6 Å². The lowest BCUT2D eigenvalue weighted by Crippen LogP contribution is -2.35. The zero-order chi connectivity index (χ0) is 21.7. The van der Waals surface area contributed by atoms with Gasteiger partial charge in [0, 0.05) is 34.9 Å². The number of benzene rings is 2. The fourth-order valence-electron chi connectivity index (χ4n) is 3.25. The third-order valence-corrected chi connectivity index (χ3v) is 5.39. The maximum absolute atomic E-state index is 12.9. The lowest BCUT2D eigenvalue weighted by molar-refractivity contribution is -0.117. The Morgan fingerprint density at radius 1 is 1.07 bits per heavy atom. The topological polar surface area (TPSA) is 61.9 Å². The Balaban J connectivity index is 1.95. The molecule has 3 rings (SSSR count). The summed E-state index contributed by atoms with van der Waals surface area (Å²) in [6.07, 6.45) is 2.47. The van der Waals surface area contributed by atoms with Gasteiger partial charge in [0.15, 0.2) is 0 Å². The van der Waals surface area contributed by atoms with Crippen LogP contribution in [0.3, 0.4) is 0 Å². The molecule has 30 heavy (non-hydrogen) atoms. The first kappa shape index (κ1) is 21.9. The first-order valence-corrected chi connectivity index (χ1v) is 10.9. The van der Waals surface area contributed by atoms with Gasteiger partial charge in [0.2, 0.25) is 0 Å². The highest BCUT2D eigenvalue weighted by atomic mass is 79.9. The minimum Gasteiger partial charge on any atom is -0.493 e. The van der Waals surface area contributed by atoms with Crippen LogP contribution in [0, 0.1) is 0 Å². The van der Waals surface area contributed by atoms with Gasteiger partial charge in [0.1, 0.15) is 11.3 Å². The molecule has 0 unspecified atom stereocenters. The number of hydrazine groups is 1. The number of carbonyl (C=O) groups is 2. The van der Waals surface area contributed by atoms with Crippen LogP contribution in [0.15, 0.2) is 52.5 Å². The molecule has 158 valence electrons. The molecular formula is C23H26BrN3O3. The van der Waals surface area contributed by atoms with E-state index in [0.717, 1.165) is 29.7 Å². The second-order valence-corrected chi connectivity index (χ2v) is 7.77. The summed E-state index contributed by atoms with van der Waals surface area (Å²) in [6.45, 7) is 8.56. The van der Waals surface area contributed by atoms with Gasteiger partial charge in [-0.05, 0) is 62.7 Å². The zero-order valence-corrected chi connectivity index (χ0v) is 19.0. The van der Waals surface area contributed by atoms with E-state index in [4.69, 9.17) is 4.74 Å². The Hall–Kier alpha value is -2.80. The molecule has 1 saturated heterocycles. The first-order valence-electron chi connectivity index (χ1n) is 10.1. The number of hydrogen-bond donors (Lipinski definition) is 1. The van der Waals surface area contributed by atoms with Crippen molar-refractivity contribution in [3.05, 3.63) is 58.1 Å².